The number of alkyl halides is 3. The fourth-order valence-corrected chi connectivity index (χ4v) is 1.56. The first-order valence-corrected chi connectivity index (χ1v) is 5.09. The van der Waals surface area contributed by atoms with Crippen LogP contribution >= 0.6 is 0 Å². The van der Waals surface area contributed by atoms with Crippen LogP contribution in [0.3, 0.4) is 0 Å². The predicted octanol–water partition coefficient (Wildman–Crippen LogP) is -0.647. The summed E-state index contributed by atoms with van der Waals surface area (Å²) in [5.74, 6) is 0. The standard InChI is InChI=1S/C5H11F3N2O3S/c1-4(2-11)10-14(12,13)9-3-5(6,7)8/h4,9-11H,2-3H2,1H3. The van der Waals surface area contributed by atoms with Crippen molar-refractivity contribution in [2.45, 2.75) is 19.1 Å². The van der Waals surface area contributed by atoms with Gasteiger partial charge < -0.3 is 5.11 Å². The van der Waals surface area contributed by atoms with E-state index in [9.17, 15) is 21.6 Å². The summed E-state index contributed by atoms with van der Waals surface area (Å²) in [5.41, 5.74) is 0. The van der Waals surface area contributed by atoms with Crippen LogP contribution in [0.4, 0.5) is 13.2 Å². The molecule has 0 spiro atoms. The predicted molar refractivity (Wildman–Crippen MR) is 42.7 cm³/mol. The zero-order valence-electron chi connectivity index (χ0n) is 7.30. The molecule has 0 saturated carbocycles. The molecule has 86 valence electrons. The smallest absolute Gasteiger partial charge is 0.395 e. The van der Waals surface area contributed by atoms with Gasteiger partial charge in [-0.25, -0.2) is 0 Å². The van der Waals surface area contributed by atoms with Gasteiger partial charge in [0.2, 0.25) is 0 Å². The van der Waals surface area contributed by atoms with Gasteiger partial charge in [-0.2, -0.15) is 31.0 Å². The highest BCUT2D eigenvalue weighted by Gasteiger charge is 2.29. The van der Waals surface area contributed by atoms with Crippen LogP contribution in [0.1, 0.15) is 6.92 Å². The molecule has 5 nitrogen and oxygen atoms in total. The zero-order chi connectivity index (χ0) is 11.4. The van der Waals surface area contributed by atoms with Crippen molar-refractivity contribution in [2.75, 3.05) is 13.2 Å². The van der Waals surface area contributed by atoms with Gasteiger partial charge in [0.25, 0.3) is 10.2 Å². The van der Waals surface area contributed by atoms with Gasteiger partial charge in [0.15, 0.2) is 0 Å². The van der Waals surface area contributed by atoms with Crippen molar-refractivity contribution >= 4 is 10.2 Å². The average molecular weight is 236 g/mol. The van der Waals surface area contributed by atoms with Crippen LogP contribution < -0.4 is 9.44 Å². The van der Waals surface area contributed by atoms with Gasteiger partial charge in [0.1, 0.15) is 6.54 Å². The molecule has 1 atom stereocenters. The molecule has 3 N–H and O–H groups in total. The highest BCUT2D eigenvalue weighted by molar-refractivity contribution is 7.87. The highest BCUT2D eigenvalue weighted by Crippen LogP contribution is 2.12. The second-order valence-corrected chi connectivity index (χ2v) is 4.17. The van der Waals surface area contributed by atoms with Gasteiger partial charge in [-0.05, 0) is 6.92 Å². The van der Waals surface area contributed by atoms with E-state index in [0.717, 1.165) is 0 Å². The van der Waals surface area contributed by atoms with Crippen molar-refractivity contribution in [1.82, 2.24) is 9.44 Å². The van der Waals surface area contributed by atoms with Gasteiger partial charge in [0.05, 0.1) is 6.61 Å². The van der Waals surface area contributed by atoms with Gasteiger partial charge >= 0.3 is 6.18 Å². The van der Waals surface area contributed by atoms with E-state index in [1.807, 2.05) is 0 Å². The number of hydrogen-bond acceptors (Lipinski definition) is 3. The summed E-state index contributed by atoms with van der Waals surface area (Å²) < 4.78 is 59.5. The lowest BCUT2D eigenvalue weighted by atomic mass is 10.4. The Hall–Kier alpha value is -0.380. The third-order valence-electron chi connectivity index (χ3n) is 1.09. The Morgan fingerprint density at radius 2 is 1.93 bits per heavy atom. The summed E-state index contributed by atoms with van der Waals surface area (Å²) in [4.78, 5) is 0. The van der Waals surface area contributed by atoms with Crippen molar-refractivity contribution in [3.05, 3.63) is 0 Å². The Morgan fingerprint density at radius 3 is 2.29 bits per heavy atom. The Kier molecular flexibility index (Phi) is 4.78. The molecule has 0 aliphatic rings. The average Bonchev–Trinajstić information content (AvgIpc) is 1.99. The highest BCUT2D eigenvalue weighted by atomic mass is 32.2. The van der Waals surface area contributed by atoms with Crippen LogP contribution in [-0.2, 0) is 10.2 Å². The van der Waals surface area contributed by atoms with E-state index in [4.69, 9.17) is 5.11 Å². The first-order chi connectivity index (χ1) is 6.16. The van der Waals surface area contributed by atoms with Gasteiger partial charge in [0, 0.05) is 6.04 Å². The molecule has 1 unspecified atom stereocenters. The fourth-order valence-electron chi connectivity index (χ4n) is 0.521. The van der Waals surface area contributed by atoms with E-state index >= 15 is 0 Å². The van der Waals surface area contributed by atoms with Gasteiger partial charge in [-0.3, -0.25) is 0 Å². The van der Waals surface area contributed by atoms with E-state index in [1.54, 1.807) is 4.72 Å². The quantitative estimate of drug-likeness (QED) is 0.593. The number of nitrogens with one attached hydrogen (secondary N) is 2. The normalized spacial score (nSPS) is 15.5. The van der Waals surface area contributed by atoms with Crippen molar-refractivity contribution in [3.63, 3.8) is 0 Å². The molecular weight excluding hydrogens is 225 g/mol. The molecule has 9 heteroatoms. The molecule has 0 amide bonds. The lowest BCUT2D eigenvalue weighted by Crippen LogP contribution is -2.45. The van der Waals surface area contributed by atoms with Crippen LogP contribution in [0.5, 0.6) is 0 Å². The minimum Gasteiger partial charge on any atom is -0.395 e. The van der Waals surface area contributed by atoms with Crippen molar-refractivity contribution in [2.24, 2.45) is 0 Å². The molecule has 0 aromatic carbocycles. The molecule has 14 heavy (non-hydrogen) atoms. The van der Waals surface area contributed by atoms with Crippen molar-refractivity contribution < 1.29 is 26.7 Å². The molecule has 0 saturated heterocycles. The number of halogens is 3. The topological polar surface area (TPSA) is 78.4 Å². The zero-order valence-corrected chi connectivity index (χ0v) is 8.11. The van der Waals surface area contributed by atoms with E-state index < -0.39 is 35.6 Å². The third kappa shape index (κ3) is 7.06. The number of aliphatic hydroxyl groups is 1. The molecular formula is C5H11F3N2O3S. The first kappa shape index (κ1) is 13.6. The number of hydrogen-bond donors (Lipinski definition) is 3. The SMILES string of the molecule is CC(CO)NS(=O)(=O)NCC(F)(F)F. The maximum Gasteiger partial charge on any atom is 0.402 e. The molecule has 0 bridgehead atoms. The van der Waals surface area contributed by atoms with Crippen LogP contribution in [0, 0.1) is 0 Å². The summed E-state index contributed by atoms with van der Waals surface area (Å²) in [6, 6.07) is -0.833. The van der Waals surface area contributed by atoms with Gasteiger partial charge in [-0.1, -0.05) is 0 Å². The van der Waals surface area contributed by atoms with Gasteiger partial charge in [-0.15, -0.1) is 0 Å². The maximum atomic E-state index is 11.6. The molecule has 0 heterocycles. The molecule has 0 rings (SSSR count). The lowest BCUT2D eigenvalue weighted by molar-refractivity contribution is -0.121. The van der Waals surface area contributed by atoms with Crippen LogP contribution in [0.25, 0.3) is 0 Å². The van der Waals surface area contributed by atoms with Crippen LogP contribution in [0.2, 0.25) is 0 Å². The van der Waals surface area contributed by atoms with E-state index in [0.29, 0.717) is 0 Å². The fraction of sp³-hybridized carbons (Fsp3) is 1.00. The molecule has 0 fully saturated rings. The number of rotatable bonds is 5. The molecule has 0 aliphatic heterocycles. The second kappa shape index (κ2) is 4.91. The summed E-state index contributed by atoms with van der Waals surface area (Å²) in [7, 11) is -4.21. The van der Waals surface area contributed by atoms with Crippen LogP contribution in [-0.4, -0.2) is 38.9 Å². The lowest BCUT2D eigenvalue weighted by Gasteiger charge is -2.13. The molecule has 0 radical (unpaired) electrons. The minimum atomic E-state index is -4.60. The summed E-state index contributed by atoms with van der Waals surface area (Å²) in [6.45, 7) is -0.819. The summed E-state index contributed by atoms with van der Waals surface area (Å²) >= 11 is 0. The third-order valence-corrected chi connectivity index (χ3v) is 2.33. The summed E-state index contributed by atoms with van der Waals surface area (Å²) in [5, 5.41) is 8.45. The number of aliphatic hydroxyl groups excluding tert-OH is 1. The van der Waals surface area contributed by atoms with E-state index in [1.165, 1.54) is 11.6 Å². The second-order valence-electron chi connectivity index (χ2n) is 2.64. The Labute approximate surface area is 79.5 Å². The van der Waals surface area contributed by atoms with Crippen LogP contribution in [0.15, 0.2) is 0 Å². The summed E-state index contributed by atoms with van der Waals surface area (Å²) in [6.07, 6.45) is -4.60. The largest absolute Gasteiger partial charge is 0.402 e. The Bertz CT molecular complexity index is 264. The first-order valence-electron chi connectivity index (χ1n) is 3.61. The monoisotopic (exact) mass is 236 g/mol. The Morgan fingerprint density at radius 1 is 1.43 bits per heavy atom. The Balaban J connectivity index is 4.10. The van der Waals surface area contributed by atoms with Crippen molar-refractivity contribution in [1.29, 1.82) is 0 Å². The molecule has 0 aromatic heterocycles. The maximum absolute atomic E-state index is 11.6. The van der Waals surface area contributed by atoms with E-state index in [2.05, 4.69) is 0 Å². The molecule has 0 aromatic rings. The molecule has 0 aliphatic carbocycles. The van der Waals surface area contributed by atoms with Crippen molar-refractivity contribution in [3.8, 4) is 0 Å². The van der Waals surface area contributed by atoms with E-state index in [-0.39, 0.29) is 0 Å². The minimum absolute atomic E-state index is 0.493.